The van der Waals surface area contributed by atoms with E-state index in [1.165, 1.54) is 6.07 Å². The third-order valence-electron chi connectivity index (χ3n) is 2.14. The first-order valence-electron chi connectivity index (χ1n) is 4.67. The van der Waals surface area contributed by atoms with Gasteiger partial charge < -0.3 is 14.6 Å². The molecule has 0 saturated carbocycles. The topological polar surface area (TPSA) is 45.5 Å². The Bertz CT molecular complexity index is 360. The van der Waals surface area contributed by atoms with E-state index in [0.29, 0.717) is 5.02 Å². The minimum Gasteiger partial charge on any atom is -0.477 e. The summed E-state index contributed by atoms with van der Waals surface area (Å²) in [5, 5.41) is 9.43. The summed E-state index contributed by atoms with van der Waals surface area (Å²) in [6.07, 6.45) is 1.65. The van der Waals surface area contributed by atoms with E-state index in [1.807, 2.05) is 25.9 Å². The van der Waals surface area contributed by atoms with Crippen molar-refractivity contribution < 1.29 is 9.90 Å². The number of carbonyl (C=O) groups is 1. The molecule has 5 heteroatoms. The molecule has 1 aromatic rings. The Morgan fingerprint density at radius 3 is 2.73 bits per heavy atom. The molecule has 1 N–H and O–H groups in total. The molecule has 1 atom stereocenters. The Balaban J connectivity index is 2.96. The lowest BCUT2D eigenvalue weighted by Gasteiger charge is -2.19. The third-order valence-corrected chi connectivity index (χ3v) is 2.35. The molecule has 1 rings (SSSR count). The molecule has 1 unspecified atom stereocenters. The molecule has 4 nitrogen and oxygen atoms in total. The van der Waals surface area contributed by atoms with E-state index >= 15 is 0 Å². The summed E-state index contributed by atoms with van der Waals surface area (Å²) < 4.78 is 1.69. The maximum Gasteiger partial charge on any atom is 0.352 e. The minimum atomic E-state index is -0.951. The smallest absolute Gasteiger partial charge is 0.352 e. The van der Waals surface area contributed by atoms with Gasteiger partial charge in [-0.3, -0.25) is 0 Å². The number of aromatic carboxylic acids is 1. The fourth-order valence-corrected chi connectivity index (χ4v) is 1.81. The Kier molecular flexibility index (Phi) is 3.77. The molecule has 15 heavy (non-hydrogen) atoms. The van der Waals surface area contributed by atoms with Crippen LogP contribution in [0.25, 0.3) is 0 Å². The highest BCUT2D eigenvalue weighted by Gasteiger charge is 2.16. The van der Waals surface area contributed by atoms with Crippen molar-refractivity contribution in [1.29, 1.82) is 0 Å². The molecule has 0 aliphatic carbocycles. The van der Waals surface area contributed by atoms with Crippen LogP contribution in [0.1, 0.15) is 23.5 Å². The zero-order chi connectivity index (χ0) is 11.6. The van der Waals surface area contributed by atoms with Crippen molar-refractivity contribution in [3.05, 3.63) is 23.0 Å². The SMILES string of the molecule is CC(CN(C)C)n1cc(Cl)cc1C(=O)O. The maximum atomic E-state index is 10.9. The fraction of sp³-hybridized carbons (Fsp3) is 0.500. The standard InChI is InChI=1S/C10H15ClN2O2/c1-7(5-12(2)3)13-6-8(11)4-9(13)10(14)15/h4,6-7H,5H2,1-3H3,(H,14,15). The van der Waals surface area contributed by atoms with Crippen LogP contribution in [-0.2, 0) is 0 Å². The molecule has 0 aliphatic rings. The molecular formula is C10H15ClN2O2. The molecule has 0 aliphatic heterocycles. The first-order valence-corrected chi connectivity index (χ1v) is 5.05. The molecular weight excluding hydrogens is 216 g/mol. The van der Waals surface area contributed by atoms with E-state index in [9.17, 15) is 4.79 Å². The number of likely N-dealkylation sites (N-methyl/N-ethyl adjacent to an activating group) is 1. The summed E-state index contributed by atoms with van der Waals surface area (Å²) in [7, 11) is 3.89. The van der Waals surface area contributed by atoms with E-state index in [4.69, 9.17) is 16.7 Å². The van der Waals surface area contributed by atoms with Crippen LogP contribution in [0.5, 0.6) is 0 Å². The molecule has 0 bridgehead atoms. The van der Waals surface area contributed by atoms with Gasteiger partial charge in [0.25, 0.3) is 0 Å². The van der Waals surface area contributed by atoms with Gasteiger partial charge >= 0.3 is 5.97 Å². The van der Waals surface area contributed by atoms with Gasteiger partial charge in [-0.05, 0) is 27.1 Å². The highest BCUT2D eigenvalue weighted by Crippen LogP contribution is 2.19. The Hall–Kier alpha value is -1.00. The van der Waals surface area contributed by atoms with Crippen molar-refractivity contribution in [2.24, 2.45) is 0 Å². The number of rotatable bonds is 4. The van der Waals surface area contributed by atoms with Gasteiger partial charge in [-0.25, -0.2) is 4.79 Å². The fourth-order valence-electron chi connectivity index (χ4n) is 1.60. The monoisotopic (exact) mass is 230 g/mol. The predicted octanol–water partition coefficient (Wildman–Crippen LogP) is 1.96. The summed E-state index contributed by atoms with van der Waals surface area (Å²) in [5.41, 5.74) is 0.231. The van der Waals surface area contributed by atoms with Crippen molar-refractivity contribution >= 4 is 17.6 Å². The molecule has 0 spiro atoms. The van der Waals surface area contributed by atoms with E-state index in [1.54, 1.807) is 10.8 Å². The summed E-state index contributed by atoms with van der Waals surface area (Å²) in [6, 6.07) is 1.55. The van der Waals surface area contributed by atoms with Crippen LogP contribution < -0.4 is 0 Å². The normalized spacial score (nSPS) is 13.1. The average molecular weight is 231 g/mol. The Morgan fingerprint density at radius 2 is 2.27 bits per heavy atom. The van der Waals surface area contributed by atoms with Crippen LogP contribution >= 0.6 is 11.6 Å². The number of carboxylic acids is 1. The Morgan fingerprint density at radius 1 is 1.67 bits per heavy atom. The van der Waals surface area contributed by atoms with Crippen LogP contribution in [0.4, 0.5) is 0 Å². The van der Waals surface area contributed by atoms with Crippen molar-refractivity contribution in [3.63, 3.8) is 0 Å². The van der Waals surface area contributed by atoms with Gasteiger partial charge in [0, 0.05) is 18.8 Å². The first kappa shape index (κ1) is 12.1. The van der Waals surface area contributed by atoms with Gasteiger partial charge in [0.05, 0.1) is 5.02 Å². The molecule has 84 valence electrons. The number of hydrogen-bond acceptors (Lipinski definition) is 2. The average Bonchev–Trinajstić information content (AvgIpc) is 2.46. The van der Waals surface area contributed by atoms with Gasteiger partial charge in [-0.2, -0.15) is 0 Å². The summed E-state index contributed by atoms with van der Waals surface area (Å²) in [6.45, 7) is 2.73. The quantitative estimate of drug-likeness (QED) is 0.860. The lowest BCUT2D eigenvalue weighted by molar-refractivity contribution is 0.0682. The third kappa shape index (κ3) is 2.97. The zero-order valence-electron chi connectivity index (χ0n) is 9.07. The molecule has 0 amide bonds. The number of halogens is 1. The minimum absolute atomic E-state index is 0.0820. The number of carboxylic acid groups (broad SMARTS) is 1. The van der Waals surface area contributed by atoms with Gasteiger partial charge in [-0.15, -0.1) is 0 Å². The van der Waals surface area contributed by atoms with Crippen LogP contribution in [0, 0.1) is 0 Å². The number of hydrogen-bond donors (Lipinski definition) is 1. The van der Waals surface area contributed by atoms with E-state index in [0.717, 1.165) is 6.54 Å². The molecule has 0 saturated heterocycles. The second kappa shape index (κ2) is 4.68. The zero-order valence-corrected chi connectivity index (χ0v) is 9.82. The first-order chi connectivity index (χ1) is 6.91. The lowest BCUT2D eigenvalue weighted by atomic mass is 10.3. The van der Waals surface area contributed by atoms with Crippen LogP contribution in [0.3, 0.4) is 0 Å². The number of nitrogens with zero attached hydrogens (tertiary/aromatic N) is 2. The second-order valence-corrected chi connectivity index (χ2v) is 4.30. The van der Waals surface area contributed by atoms with Gasteiger partial charge in [-0.1, -0.05) is 11.6 Å². The maximum absolute atomic E-state index is 10.9. The lowest BCUT2D eigenvalue weighted by Crippen LogP contribution is -2.24. The van der Waals surface area contributed by atoms with E-state index < -0.39 is 5.97 Å². The summed E-state index contributed by atoms with van der Waals surface area (Å²) >= 11 is 5.79. The van der Waals surface area contributed by atoms with E-state index in [-0.39, 0.29) is 11.7 Å². The van der Waals surface area contributed by atoms with Gasteiger partial charge in [0.1, 0.15) is 5.69 Å². The number of aromatic nitrogens is 1. The largest absolute Gasteiger partial charge is 0.477 e. The molecule has 0 fully saturated rings. The van der Waals surface area contributed by atoms with Crippen LogP contribution in [0.15, 0.2) is 12.3 Å². The molecule has 1 heterocycles. The molecule has 0 aromatic carbocycles. The Labute approximate surface area is 94.1 Å². The van der Waals surface area contributed by atoms with Crippen molar-refractivity contribution in [3.8, 4) is 0 Å². The van der Waals surface area contributed by atoms with Crippen molar-refractivity contribution in [2.75, 3.05) is 20.6 Å². The van der Waals surface area contributed by atoms with Crippen molar-refractivity contribution in [1.82, 2.24) is 9.47 Å². The van der Waals surface area contributed by atoms with Gasteiger partial charge in [0.2, 0.25) is 0 Å². The van der Waals surface area contributed by atoms with Crippen LogP contribution in [0.2, 0.25) is 5.02 Å². The summed E-state index contributed by atoms with van der Waals surface area (Å²) in [5.74, 6) is -0.951. The second-order valence-electron chi connectivity index (χ2n) is 3.87. The summed E-state index contributed by atoms with van der Waals surface area (Å²) in [4.78, 5) is 12.9. The van der Waals surface area contributed by atoms with Crippen molar-refractivity contribution in [2.45, 2.75) is 13.0 Å². The van der Waals surface area contributed by atoms with E-state index in [2.05, 4.69) is 0 Å². The highest BCUT2D eigenvalue weighted by molar-refractivity contribution is 6.30. The predicted molar refractivity (Wildman–Crippen MR) is 59.7 cm³/mol. The highest BCUT2D eigenvalue weighted by atomic mass is 35.5. The van der Waals surface area contributed by atoms with Crippen LogP contribution in [-0.4, -0.2) is 41.2 Å². The molecule has 0 radical (unpaired) electrons. The van der Waals surface area contributed by atoms with Gasteiger partial charge in [0.15, 0.2) is 0 Å². The molecule has 1 aromatic heterocycles.